The van der Waals surface area contributed by atoms with Crippen LogP contribution in [0.25, 0.3) is 22.4 Å². The van der Waals surface area contributed by atoms with E-state index in [9.17, 15) is 18.0 Å². The molecule has 0 fully saturated rings. The normalized spacial score (nSPS) is 16.4. The molecule has 29 heavy (non-hydrogen) atoms. The average molecular weight is 421 g/mol. The number of alkyl halides is 3. The van der Waals surface area contributed by atoms with Crippen LogP contribution < -0.4 is 15.8 Å². The number of nitrogens with two attached hydrogens (primary N) is 1. The maximum atomic E-state index is 12.7. The molecule has 0 radical (unpaired) electrons. The van der Waals surface area contributed by atoms with Crippen molar-refractivity contribution < 1.29 is 22.7 Å². The Morgan fingerprint density at radius 2 is 2.07 bits per heavy atom. The molecule has 1 amide bonds. The van der Waals surface area contributed by atoms with Crippen molar-refractivity contribution >= 4 is 17.2 Å². The number of hydrogen-bond donors (Lipinski definition) is 2. The molecule has 0 saturated carbocycles. The number of carbonyl (C=O) groups excluding carboxylic acids is 1. The van der Waals surface area contributed by atoms with E-state index < -0.39 is 6.36 Å². The van der Waals surface area contributed by atoms with E-state index in [0.29, 0.717) is 36.3 Å². The fraction of sp³-hybridized carbons (Fsp3) is 0.250. The minimum atomic E-state index is -4.78. The van der Waals surface area contributed by atoms with Gasteiger partial charge in [0.15, 0.2) is 0 Å². The molecule has 0 aliphatic carbocycles. The number of nitrogens with one attached hydrogen (secondary N) is 1. The fourth-order valence-electron chi connectivity index (χ4n) is 3.67. The maximum Gasteiger partial charge on any atom is 0.573 e. The highest BCUT2D eigenvalue weighted by Crippen LogP contribution is 2.41. The zero-order valence-corrected chi connectivity index (χ0v) is 16.0. The van der Waals surface area contributed by atoms with Gasteiger partial charge in [0.25, 0.3) is 5.91 Å². The van der Waals surface area contributed by atoms with Crippen molar-refractivity contribution in [3.8, 4) is 28.1 Å². The van der Waals surface area contributed by atoms with Crippen molar-refractivity contribution in [2.75, 3.05) is 13.1 Å². The first-order valence-electron chi connectivity index (χ1n) is 8.99. The summed E-state index contributed by atoms with van der Waals surface area (Å²) < 4.78 is 44.0. The molecule has 1 aromatic carbocycles. The van der Waals surface area contributed by atoms with Gasteiger partial charge in [0, 0.05) is 23.1 Å². The van der Waals surface area contributed by atoms with E-state index in [1.165, 1.54) is 29.5 Å². The summed E-state index contributed by atoms with van der Waals surface area (Å²) in [6.45, 7) is 0.900. The van der Waals surface area contributed by atoms with E-state index in [0.717, 1.165) is 11.3 Å². The number of aromatic nitrogens is 1. The lowest BCUT2D eigenvalue weighted by molar-refractivity contribution is -0.274. The second-order valence-electron chi connectivity index (χ2n) is 6.69. The number of benzene rings is 1. The number of carbonyl (C=O) groups is 1. The third kappa shape index (κ3) is 3.88. The lowest BCUT2D eigenvalue weighted by Crippen LogP contribution is -2.39. The predicted octanol–water partition coefficient (Wildman–Crippen LogP) is 4.42. The number of thiophene rings is 1. The lowest BCUT2D eigenvalue weighted by Gasteiger charge is -2.28. The van der Waals surface area contributed by atoms with Gasteiger partial charge in [0.1, 0.15) is 11.4 Å². The van der Waals surface area contributed by atoms with Crippen LogP contribution in [0.2, 0.25) is 0 Å². The van der Waals surface area contributed by atoms with E-state index in [2.05, 4.69) is 10.1 Å². The fourth-order valence-corrected chi connectivity index (χ4v) is 4.31. The number of hydrogen-bond acceptors (Lipinski definition) is 4. The number of rotatable bonds is 5. The molecule has 1 aliphatic rings. The van der Waals surface area contributed by atoms with Gasteiger partial charge in [-0.15, -0.1) is 13.2 Å². The van der Waals surface area contributed by atoms with Crippen molar-refractivity contribution in [1.29, 1.82) is 0 Å². The van der Waals surface area contributed by atoms with Crippen LogP contribution in [0, 0.1) is 0 Å². The molecule has 5 nitrogen and oxygen atoms in total. The van der Waals surface area contributed by atoms with Crippen molar-refractivity contribution in [3.05, 3.63) is 52.9 Å². The zero-order chi connectivity index (χ0) is 20.6. The quantitative estimate of drug-likeness (QED) is 0.641. The molecule has 3 aromatic rings. The molecule has 9 heteroatoms. The van der Waals surface area contributed by atoms with Crippen LogP contribution in [-0.2, 0) is 0 Å². The molecule has 3 heterocycles. The summed E-state index contributed by atoms with van der Waals surface area (Å²) in [5.41, 5.74) is 9.13. The van der Waals surface area contributed by atoms with Gasteiger partial charge in [-0.05, 0) is 48.2 Å². The van der Waals surface area contributed by atoms with Gasteiger partial charge >= 0.3 is 6.36 Å². The Balaban J connectivity index is 1.90. The Hall–Kier alpha value is -2.78. The number of nitrogens with zero attached hydrogens (tertiary/aromatic N) is 1. The van der Waals surface area contributed by atoms with Crippen LogP contribution in [-0.4, -0.2) is 29.9 Å². The van der Waals surface area contributed by atoms with Gasteiger partial charge < -0.3 is 20.4 Å². The molecule has 3 N–H and O–H groups in total. The Bertz CT molecular complexity index is 1030. The van der Waals surface area contributed by atoms with Crippen LogP contribution in [0.5, 0.6) is 5.75 Å². The van der Waals surface area contributed by atoms with Gasteiger partial charge in [-0.3, -0.25) is 4.79 Å². The van der Waals surface area contributed by atoms with Crippen LogP contribution in [0.4, 0.5) is 13.2 Å². The predicted molar refractivity (Wildman–Crippen MR) is 105 cm³/mol. The zero-order valence-electron chi connectivity index (χ0n) is 15.2. The Labute approximate surface area is 168 Å². The van der Waals surface area contributed by atoms with Crippen molar-refractivity contribution in [2.24, 2.45) is 5.73 Å². The minimum absolute atomic E-state index is 0.0362. The Kier molecular flexibility index (Phi) is 5.10. The van der Waals surface area contributed by atoms with Gasteiger partial charge in [-0.2, -0.15) is 11.3 Å². The van der Waals surface area contributed by atoms with E-state index in [1.807, 2.05) is 21.4 Å². The molecule has 1 aliphatic heterocycles. The molecule has 2 aromatic heterocycles. The van der Waals surface area contributed by atoms with E-state index >= 15 is 0 Å². The van der Waals surface area contributed by atoms with Gasteiger partial charge in [-0.1, -0.05) is 12.1 Å². The molecule has 0 bridgehead atoms. The molecular weight excluding hydrogens is 403 g/mol. The Morgan fingerprint density at radius 1 is 1.24 bits per heavy atom. The Morgan fingerprint density at radius 3 is 2.76 bits per heavy atom. The van der Waals surface area contributed by atoms with Crippen molar-refractivity contribution in [2.45, 2.75) is 18.8 Å². The van der Waals surface area contributed by atoms with Crippen LogP contribution in [0.15, 0.2) is 47.2 Å². The summed E-state index contributed by atoms with van der Waals surface area (Å²) in [6, 6.07) is 9.40. The second-order valence-corrected chi connectivity index (χ2v) is 7.47. The van der Waals surface area contributed by atoms with E-state index in [4.69, 9.17) is 5.73 Å². The summed E-state index contributed by atoms with van der Waals surface area (Å²) in [5, 5.41) is 6.74. The number of halogens is 3. The first-order chi connectivity index (χ1) is 13.9. The van der Waals surface area contributed by atoms with Crippen LogP contribution in [0.3, 0.4) is 0 Å². The largest absolute Gasteiger partial charge is 0.573 e. The second kappa shape index (κ2) is 7.57. The van der Waals surface area contributed by atoms with Gasteiger partial charge in [0.05, 0.1) is 11.7 Å². The molecule has 1 atom stereocenters. The summed E-state index contributed by atoms with van der Waals surface area (Å²) in [5.74, 6) is -0.526. The summed E-state index contributed by atoms with van der Waals surface area (Å²) in [7, 11) is 0. The topological polar surface area (TPSA) is 69.3 Å². The molecule has 0 spiro atoms. The summed E-state index contributed by atoms with van der Waals surface area (Å²) in [4.78, 5) is 12.5. The highest BCUT2D eigenvalue weighted by molar-refractivity contribution is 7.08. The maximum absolute atomic E-state index is 12.7. The molecule has 152 valence electrons. The first-order valence-corrected chi connectivity index (χ1v) is 9.94. The number of ether oxygens (including phenoxy) is 1. The minimum Gasteiger partial charge on any atom is -0.406 e. The highest BCUT2D eigenvalue weighted by atomic mass is 32.1. The highest BCUT2D eigenvalue weighted by Gasteiger charge is 2.32. The smallest absolute Gasteiger partial charge is 0.406 e. The van der Waals surface area contributed by atoms with E-state index in [1.54, 1.807) is 12.1 Å². The van der Waals surface area contributed by atoms with Gasteiger partial charge in [-0.25, -0.2) is 0 Å². The SMILES string of the molecule is NCC[C@@H]1CNC(=O)c2cc(-c3cccc(OC(F)(F)F)c3)c(-c3ccsc3)n21. The van der Waals surface area contributed by atoms with Crippen LogP contribution >= 0.6 is 11.3 Å². The average Bonchev–Trinajstić information content (AvgIpc) is 3.30. The van der Waals surface area contributed by atoms with Crippen molar-refractivity contribution in [1.82, 2.24) is 9.88 Å². The summed E-state index contributed by atoms with van der Waals surface area (Å²) >= 11 is 1.51. The molecule has 0 saturated heterocycles. The molecule has 4 rings (SSSR count). The van der Waals surface area contributed by atoms with E-state index in [-0.39, 0.29) is 17.7 Å². The first kappa shape index (κ1) is 19.5. The third-order valence-electron chi connectivity index (χ3n) is 4.81. The third-order valence-corrected chi connectivity index (χ3v) is 5.49. The summed E-state index contributed by atoms with van der Waals surface area (Å²) in [6.07, 6.45) is -4.11. The van der Waals surface area contributed by atoms with Crippen molar-refractivity contribution in [3.63, 3.8) is 0 Å². The number of fused-ring (bicyclic) bond motifs is 1. The van der Waals surface area contributed by atoms with Gasteiger partial charge in [0.2, 0.25) is 0 Å². The number of amides is 1. The standard InChI is InChI=1S/C20H18F3N3O2S/c21-20(22,23)28-15-3-1-2-12(8-15)16-9-17-19(27)25-10-14(4-6-24)26(17)18(16)13-5-7-29-11-13/h1-3,5,7-9,11,14H,4,6,10,24H2,(H,25,27)/t14-/m1/s1. The lowest BCUT2D eigenvalue weighted by atomic mass is 10.0. The van der Waals surface area contributed by atoms with Crippen LogP contribution in [0.1, 0.15) is 23.0 Å². The molecule has 0 unspecified atom stereocenters. The monoisotopic (exact) mass is 421 g/mol. The molecular formula is C20H18F3N3O2S.